The highest BCUT2D eigenvalue weighted by Gasteiger charge is 2.38. The van der Waals surface area contributed by atoms with Crippen LogP contribution in [0.2, 0.25) is 0 Å². The van der Waals surface area contributed by atoms with Crippen LogP contribution in [0.25, 0.3) is 61.5 Å². The molecule has 0 aliphatic carbocycles. The summed E-state index contributed by atoms with van der Waals surface area (Å²) < 4.78 is 25.5. The fourth-order valence-electron chi connectivity index (χ4n) is 15.3. The maximum absolute atomic E-state index is 13.7. The van der Waals surface area contributed by atoms with E-state index in [1.54, 1.807) is 47.0 Å². The molecule has 0 spiro atoms. The van der Waals surface area contributed by atoms with Crippen LogP contribution in [0.15, 0.2) is 153 Å². The summed E-state index contributed by atoms with van der Waals surface area (Å²) in [5, 5.41) is 20.7. The maximum Gasteiger partial charge on any atom is 0.254 e. The van der Waals surface area contributed by atoms with Crippen LogP contribution in [0.3, 0.4) is 0 Å². The van der Waals surface area contributed by atoms with Crippen molar-refractivity contribution < 1.29 is 33.1 Å². The number of aryl methyl sites for hydroxylation is 2. The molecule has 3 saturated heterocycles. The number of hydrogen-bond donors (Lipinski definition) is 6. The molecule has 109 heavy (non-hydrogen) atoms. The summed E-state index contributed by atoms with van der Waals surface area (Å²) in [6.45, 7) is 9.40. The highest BCUT2D eigenvalue weighted by Crippen LogP contribution is 2.41. The van der Waals surface area contributed by atoms with Crippen LogP contribution in [-0.2, 0) is 48.1 Å². The standard InChI is InChI=1S/C29H32FN7O2.2C26H25N7O2/c1-29(2,35(3)4)24-17-36(11-12-39-24)19-5-8-25(31-14-19)34-22-7-6-20(21-15-33-28(38)27(21)22)23-16-32-26-13-18(30)9-10-37(23)26;2*1-32-9-6-15(11-22(32)34)16-3-4-21(28-12-16)31-20-14-29-24(19-13-30-26(35)23(19)20)17-5-8-27-25-18(17)7-10-33(25)2/h5-10,13-14,16,24H,11-12,15,17H2,1-4H3,(H,31,34)(H,33,38);2*3-5,7-8,10,12,14-15H,6,9,11,13H2,1-2H3,(H,28,31)(H,30,35)/t;2*15-/m.10/s1. The maximum atomic E-state index is 13.7. The lowest BCUT2D eigenvalue weighted by atomic mass is 9.90. The summed E-state index contributed by atoms with van der Waals surface area (Å²) in [7, 11) is 11.7. The molecule has 12 aromatic rings. The molecule has 6 N–H and O–H groups in total. The smallest absolute Gasteiger partial charge is 0.254 e. The molecule has 1 aromatic carbocycles. The Balaban J connectivity index is 0.000000125. The fourth-order valence-corrected chi connectivity index (χ4v) is 15.3. The first-order chi connectivity index (χ1) is 52.7. The number of halogens is 1. The first-order valence-electron chi connectivity index (χ1n) is 36.4. The molecule has 1 unspecified atom stereocenters. The van der Waals surface area contributed by atoms with Crippen LogP contribution in [0, 0.1) is 5.82 Å². The van der Waals surface area contributed by atoms with Crippen molar-refractivity contribution >= 4 is 97.5 Å². The average Bonchev–Trinajstić information content (AvgIpc) is 1.65. The van der Waals surface area contributed by atoms with Crippen molar-refractivity contribution in [2.24, 2.45) is 14.1 Å². The van der Waals surface area contributed by atoms with Crippen molar-refractivity contribution in [3.8, 4) is 33.8 Å². The van der Waals surface area contributed by atoms with Gasteiger partial charge in [0.05, 0.1) is 94.0 Å². The van der Waals surface area contributed by atoms with Gasteiger partial charge in [-0.2, -0.15) is 0 Å². The molecular weight excluding hydrogens is 1380 g/mol. The number of nitrogens with one attached hydrogen (secondary N) is 6. The normalized spacial score (nSPS) is 17.5. The molecule has 27 nitrogen and oxygen atoms in total. The van der Waals surface area contributed by atoms with Gasteiger partial charge in [-0.05, 0) is 130 Å². The Labute approximate surface area is 627 Å². The van der Waals surface area contributed by atoms with Gasteiger partial charge in [0.25, 0.3) is 17.7 Å². The topological polar surface area (TPSA) is 297 Å². The van der Waals surface area contributed by atoms with E-state index >= 15 is 0 Å². The van der Waals surface area contributed by atoms with Crippen molar-refractivity contribution in [1.29, 1.82) is 0 Å². The molecule has 3 atom stereocenters. The average molecular weight is 1460 g/mol. The van der Waals surface area contributed by atoms with Crippen molar-refractivity contribution in [3.63, 3.8) is 0 Å². The van der Waals surface area contributed by atoms with E-state index in [2.05, 4.69) is 99.5 Å². The molecule has 3 fully saturated rings. The number of ether oxygens (including phenoxy) is 1. The first-order valence-corrected chi connectivity index (χ1v) is 36.4. The third-order valence-electron chi connectivity index (χ3n) is 22.2. The van der Waals surface area contributed by atoms with Crippen molar-refractivity contribution in [1.82, 2.24) is 84.1 Å². The lowest BCUT2D eigenvalue weighted by molar-refractivity contribution is -0.133. The largest absolute Gasteiger partial charge is 0.373 e. The number of morpholine rings is 1. The van der Waals surface area contributed by atoms with Crippen molar-refractivity contribution in [2.75, 3.05) is 81.8 Å². The number of nitrogens with zero attached hydrogens (tertiary/aromatic N) is 15. The summed E-state index contributed by atoms with van der Waals surface area (Å²) >= 11 is 0. The third-order valence-corrected chi connectivity index (χ3v) is 22.2. The van der Waals surface area contributed by atoms with Crippen molar-refractivity contribution in [3.05, 3.63) is 203 Å². The lowest BCUT2D eigenvalue weighted by Crippen LogP contribution is -2.57. The number of hydrogen-bond acceptors (Lipinski definition) is 19. The molecule has 11 aromatic heterocycles. The fraction of sp³-hybridized carbons (Fsp3) is 0.296. The van der Waals surface area contributed by atoms with Gasteiger partial charge in [0.1, 0.15) is 40.2 Å². The van der Waals surface area contributed by atoms with E-state index in [1.807, 2.05) is 146 Å². The van der Waals surface area contributed by atoms with Crippen LogP contribution in [0.5, 0.6) is 0 Å². The number of amides is 5. The second-order valence-electron chi connectivity index (χ2n) is 29.2. The van der Waals surface area contributed by atoms with Crippen LogP contribution in [0.4, 0.5) is 44.6 Å². The van der Waals surface area contributed by atoms with Gasteiger partial charge in [0.2, 0.25) is 11.8 Å². The number of carbonyl (C=O) groups is 5. The zero-order valence-corrected chi connectivity index (χ0v) is 61.7. The Hall–Kier alpha value is -12.6. The van der Waals surface area contributed by atoms with Crippen LogP contribution in [0.1, 0.15) is 110 Å². The minimum Gasteiger partial charge on any atom is -0.373 e. The first kappa shape index (κ1) is 70.7. The van der Waals surface area contributed by atoms with E-state index in [4.69, 9.17) is 14.7 Å². The number of likely N-dealkylation sites (tertiary alicyclic amines) is 2. The zero-order valence-electron chi connectivity index (χ0n) is 61.7. The molecule has 18 rings (SSSR count). The van der Waals surface area contributed by atoms with Gasteiger partial charge in [0.15, 0.2) is 0 Å². The number of piperidine rings is 2. The second-order valence-corrected chi connectivity index (χ2v) is 29.2. The molecule has 6 aliphatic heterocycles. The predicted molar refractivity (Wildman–Crippen MR) is 413 cm³/mol. The minimum absolute atomic E-state index is 0.0746. The number of aromatic nitrogens is 11. The number of pyridine rings is 8. The monoisotopic (exact) mass is 1460 g/mol. The van der Waals surface area contributed by atoms with Crippen LogP contribution < -0.4 is 36.8 Å². The quantitative estimate of drug-likeness (QED) is 0.0589. The molecule has 0 saturated carbocycles. The van der Waals surface area contributed by atoms with Gasteiger partial charge in [-0.3, -0.25) is 38.3 Å². The summed E-state index contributed by atoms with van der Waals surface area (Å²) in [6, 6.07) is 26.3. The number of rotatable bonds is 14. The molecule has 6 aliphatic rings. The number of benzene rings is 1. The van der Waals surface area contributed by atoms with Gasteiger partial charge in [-0.25, -0.2) is 34.3 Å². The van der Waals surface area contributed by atoms with Crippen molar-refractivity contribution in [2.45, 2.75) is 82.6 Å². The summed E-state index contributed by atoms with van der Waals surface area (Å²) in [4.78, 5) is 107. The number of imidazole rings is 1. The Kier molecular flexibility index (Phi) is 18.8. The van der Waals surface area contributed by atoms with Gasteiger partial charge < -0.3 is 65.4 Å². The third kappa shape index (κ3) is 13.6. The van der Waals surface area contributed by atoms with E-state index in [9.17, 15) is 28.4 Å². The van der Waals surface area contributed by atoms with Gasteiger partial charge in [0, 0.05) is 180 Å². The molecule has 28 heteroatoms. The predicted octanol–water partition coefficient (Wildman–Crippen LogP) is 10.8. The number of carbonyl (C=O) groups excluding carboxylic acids is 5. The molecular formula is C81H82FN21O6. The van der Waals surface area contributed by atoms with Crippen LogP contribution in [-0.4, -0.2) is 170 Å². The van der Waals surface area contributed by atoms with E-state index in [0.29, 0.717) is 95.9 Å². The van der Waals surface area contributed by atoms with E-state index in [1.165, 1.54) is 12.1 Å². The molecule has 5 amide bonds. The lowest BCUT2D eigenvalue weighted by Gasteiger charge is -2.45. The van der Waals surface area contributed by atoms with Gasteiger partial charge >= 0.3 is 0 Å². The van der Waals surface area contributed by atoms with Crippen LogP contribution >= 0.6 is 0 Å². The zero-order chi connectivity index (χ0) is 75.5. The number of anilines is 7. The molecule has 554 valence electrons. The molecule has 0 bridgehead atoms. The van der Waals surface area contributed by atoms with Gasteiger partial charge in [-0.1, -0.05) is 18.2 Å². The van der Waals surface area contributed by atoms with E-state index in [-0.39, 0.29) is 58.8 Å². The highest BCUT2D eigenvalue weighted by atomic mass is 19.1. The number of likely N-dealkylation sites (N-methyl/N-ethyl adjacent to an activating group) is 1. The highest BCUT2D eigenvalue weighted by molar-refractivity contribution is 6.09. The summed E-state index contributed by atoms with van der Waals surface area (Å²) in [6.07, 6.45) is 22.7. The van der Waals surface area contributed by atoms with E-state index < -0.39 is 0 Å². The van der Waals surface area contributed by atoms with E-state index in [0.717, 1.165) is 128 Å². The minimum atomic E-state index is -0.342. The Morgan fingerprint density at radius 3 is 1.54 bits per heavy atom. The molecule has 17 heterocycles. The SMILES string of the molecule is CN(C)C(C)(C)C1CN(c2ccc(Nc3ccc(-c4cnc5cc(F)ccn45)c4c3C(=O)NC4)nc2)CCO1.CN1CC[C@@H](c2ccc(Nc3cnc(-c4ccnc5c4ccn5C)c4c3C(=O)NC4)nc2)CC1=O.CN1CC[C@H](c2ccc(Nc3cnc(-c4ccnc5c4ccn5C)c4c3C(=O)NC4)nc2)CC1=O. The summed E-state index contributed by atoms with van der Waals surface area (Å²) in [5.41, 5.74) is 16.7. The second kappa shape index (κ2) is 29.0. The Morgan fingerprint density at radius 1 is 0.523 bits per heavy atom. The Bertz CT molecular complexity index is 5360. The number of fused-ring (bicyclic) bond motifs is 6. The molecule has 0 radical (unpaired) electrons. The van der Waals surface area contributed by atoms with Gasteiger partial charge in [-0.15, -0.1) is 0 Å². The Morgan fingerprint density at radius 2 is 1.04 bits per heavy atom. The summed E-state index contributed by atoms with van der Waals surface area (Å²) in [5.74, 6) is 1.85.